The molecule has 6 heteroatoms. The molecule has 1 heterocycles. The minimum Gasteiger partial charge on any atom is -0.487 e. The summed E-state index contributed by atoms with van der Waals surface area (Å²) in [5.41, 5.74) is 1.14. The molecule has 0 radical (unpaired) electrons. The molecule has 1 atom stereocenters. The van der Waals surface area contributed by atoms with Crippen LogP contribution in [0.15, 0.2) is 29.3 Å². The van der Waals surface area contributed by atoms with Gasteiger partial charge in [-0.2, -0.15) is 0 Å². The van der Waals surface area contributed by atoms with Gasteiger partial charge in [0.1, 0.15) is 11.4 Å². The first-order valence-corrected chi connectivity index (χ1v) is 11.8. The van der Waals surface area contributed by atoms with Crippen LogP contribution in [0.3, 0.4) is 0 Å². The highest BCUT2D eigenvalue weighted by Gasteiger charge is 2.43. The molecule has 2 aliphatic carbocycles. The Morgan fingerprint density at radius 3 is 2.67 bits per heavy atom. The third-order valence-corrected chi connectivity index (χ3v) is 6.70. The summed E-state index contributed by atoms with van der Waals surface area (Å²) in [6, 6.07) is 8.88. The fraction of sp³-hybridized carbons (Fsp3) is 0.667. The van der Waals surface area contributed by atoms with E-state index in [4.69, 9.17) is 9.73 Å². The molecule has 1 aromatic rings. The van der Waals surface area contributed by atoms with Crippen LogP contribution in [-0.4, -0.2) is 36.6 Å². The molecule has 2 saturated carbocycles. The molecule has 0 saturated heterocycles. The quantitative estimate of drug-likeness (QED) is 0.490. The van der Waals surface area contributed by atoms with E-state index < -0.39 is 0 Å². The standard InChI is InChI=1S/C24H36N4O2/c1-2-25-23(26-16-13-22(29)27-18-9-3-4-10-18)28-20-17-24(14-7-8-15-24)30-21-12-6-5-11-19(20)21/h5-6,11-12,18,20H,2-4,7-10,13-17H2,1H3,(H,27,29)(H2,25,26,28). The van der Waals surface area contributed by atoms with Crippen LogP contribution >= 0.6 is 0 Å². The second-order valence-corrected chi connectivity index (χ2v) is 8.99. The zero-order valence-electron chi connectivity index (χ0n) is 18.2. The normalized spacial score (nSPS) is 23.1. The zero-order valence-corrected chi connectivity index (χ0v) is 18.2. The Labute approximate surface area is 180 Å². The molecule has 164 valence electrons. The van der Waals surface area contributed by atoms with Crippen molar-refractivity contribution in [3.8, 4) is 5.75 Å². The number of carbonyl (C=O) groups is 1. The maximum absolute atomic E-state index is 12.2. The minimum absolute atomic E-state index is 0.0511. The Morgan fingerprint density at radius 1 is 1.13 bits per heavy atom. The Hall–Kier alpha value is -2.24. The summed E-state index contributed by atoms with van der Waals surface area (Å²) >= 11 is 0. The van der Waals surface area contributed by atoms with Gasteiger partial charge in [-0.15, -0.1) is 0 Å². The summed E-state index contributed by atoms with van der Waals surface area (Å²) in [6.45, 7) is 3.35. The van der Waals surface area contributed by atoms with Gasteiger partial charge < -0.3 is 20.7 Å². The van der Waals surface area contributed by atoms with Gasteiger partial charge in [0.25, 0.3) is 0 Å². The highest BCUT2D eigenvalue weighted by molar-refractivity contribution is 5.81. The average Bonchev–Trinajstić information content (AvgIpc) is 3.40. The summed E-state index contributed by atoms with van der Waals surface area (Å²) in [6.07, 6.45) is 10.8. The first-order chi connectivity index (χ1) is 14.7. The summed E-state index contributed by atoms with van der Waals surface area (Å²) in [4.78, 5) is 16.9. The van der Waals surface area contributed by atoms with Gasteiger partial charge in [0.2, 0.25) is 5.91 Å². The Kier molecular flexibility index (Phi) is 6.80. The molecule has 3 N–H and O–H groups in total. The second-order valence-electron chi connectivity index (χ2n) is 8.99. The molecule has 1 aromatic carbocycles. The molecule has 3 aliphatic rings. The maximum Gasteiger partial charge on any atom is 0.222 e. The van der Waals surface area contributed by atoms with E-state index in [1.807, 2.05) is 6.07 Å². The predicted octanol–water partition coefficient (Wildman–Crippen LogP) is 3.83. The second kappa shape index (κ2) is 9.71. The maximum atomic E-state index is 12.2. The van der Waals surface area contributed by atoms with Crippen LogP contribution in [0.1, 0.15) is 82.7 Å². The number of nitrogens with zero attached hydrogens (tertiary/aromatic N) is 1. The number of guanidine groups is 1. The molecule has 2 fully saturated rings. The van der Waals surface area contributed by atoms with E-state index in [0.717, 1.165) is 50.4 Å². The number of aliphatic imine (C=N–C) groups is 1. The van der Waals surface area contributed by atoms with Crippen LogP contribution in [0.5, 0.6) is 5.75 Å². The van der Waals surface area contributed by atoms with Gasteiger partial charge in [-0.3, -0.25) is 9.79 Å². The van der Waals surface area contributed by atoms with Crippen molar-refractivity contribution < 1.29 is 9.53 Å². The van der Waals surface area contributed by atoms with E-state index >= 15 is 0 Å². The van der Waals surface area contributed by atoms with Gasteiger partial charge >= 0.3 is 0 Å². The van der Waals surface area contributed by atoms with Gasteiger partial charge in [0.05, 0.1) is 12.6 Å². The lowest BCUT2D eigenvalue weighted by atomic mass is 9.86. The van der Waals surface area contributed by atoms with Crippen molar-refractivity contribution in [1.82, 2.24) is 16.0 Å². The molecule has 30 heavy (non-hydrogen) atoms. The van der Waals surface area contributed by atoms with Crippen LogP contribution in [0.4, 0.5) is 0 Å². The van der Waals surface area contributed by atoms with Crippen LogP contribution in [0.2, 0.25) is 0 Å². The largest absolute Gasteiger partial charge is 0.487 e. The molecule has 6 nitrogen and oxygen atoms in total. The van der Waals surface area contributed by atoms with E-state index in [-0.39, 0.29) is 17.6 Å². The van der Waals surface area contributed by atoms with Gasteiger partial charge in [-0.1, -0.05) is 31.0 Å². The number of ether oxygens (including phenoxy) is 1. The van der Waals surface area contributed by atoms with Gasteiger partial charge in [0, 0.05) is 31.0 Å². The number of amides is 1. The van der Waals surface area contributed by atoms with Crippen molar-refractivity contribution in [2.24, 2.45) is 4.99 Å². The smallest absolute Gasteiger partial charge is 0.222 e. The molecule has 1 unspecified atom stereocenters. The highest BCUT2D eigenvalue weighted by Crippen LogP contribution is 2.46. The Morgan fingerprint density at radius 2 is 1.90 bits per heavy atom. The number of rotatable bonds is 6. The third-order valence-electron chi connectivity index (χ3n) is 6.70. The van der Waals surface area contributed by atoms with Crippen molar-refractivity contribution in [3.63, 3.8) is 0 Å². The van der Waals surface area contributed by atoms with Crippen molar-refractivity contribution in [1.29, 1.82) is 0 Å². The predicted molar refractivity (Wildman–Crippen MR) is 120 cm³/mol. The lowest BCUT2D eigenvalue weighted by Crippen LogP contribution is -2.46. The molecule has 0 aromatic heterocycles. The zero-order chi connectivity index (χ0) is 20.8. The minimum atomic E-state index is -0.0511. The lowest BCUT2D eigenvalue weighted by molar-refractivity contribution is -0.121. The fourth-order valence-corrected chi connectivity index (χ4v) is 5.20. The first-order valence-electron chi connectivity index (χ1n) is 11.8. The SMILES string of the molecule is CCNC(=NCCC(=O)NC1CCCC1)NC1CC2(CCCC2)Oc2ccccc21. The summed E-state index contributed by atoms with van der Waals surface area (Å²) in [5.74, 6) is 1.89. The molecule has 1 spiro atoms. The van der Waals surface area contributed by atoms with Crippen LogP contribution in [-0.2, 0) is 4.79 Å². The molecule has 0 bridgehead atoms. The number of benzene rings is 1. The fourth-order valence-electron chi connectivity index (χ4n) is 5.20. The van der Waals surface area contributed by atoms with Crippen LogP contribution in [0.25, 0.3) is 0 Å². The van der Waals surface area contributed by atoms with Crippen molar-refractivity contribution in [2.75, 3.05) is 13.1 Å². The molecular weight excluding hydrogens is 376 g/mol. The van der Waals surface area contributed by atoms with E-state index in [0.29, 0.717) is 19.0 Å². The number of para-hydroxylation sites is 1. The molecule has 1 amide bonds. The number of hydrogen-bond acceptors (Lipinski definition) is 3. The van der Waals surface area contributed by atoms with Gasteiger partial charge in [0.15, 0.2) is 5.96 Å². The van der Waals surface area contributed by atoms with Gasteiger partial charge in [-0.25, -0.2) is 0 Å². The molecular formula is C24H36N4O2. The van der Waals surface area contributed by atoms with Crippen molar-refractivity contribution >= 4 is 11.9 Å². The number of nitrogens with one attached hydrogen (secondary N) is 3. The summed E-state index contributed by atoms with van der Waals surface area (Å²) in [5, 5.41) is 10.1. The average molecular weight is 413 g/mol. The topological polar surface area (TPSA) is 74.8 Å². The summed E-state index contributed by atoms with van der Waals surface area (Å²) in [7, 11) is 0. The van der Waals surface area contributed by atoms with Crippen molar-refractivity contribution in [3.05, 3.63) is 29.8 Å². The van der Waals surface area contributed by atoms with Crippen LogP contribution < -0.4 is 20.7 Å². The number of hydrogen-bond donors (Lipinski definition) is 3. The van der Waals surface area contributed by atoms with Gasteiger partial charge in [-0.05, 0) is 51.5 Å². The van der Waals surface area contributed by atoms with E-state index in [2.05, 4.69) is 41.1 Å². The Balaban J connectivity index is 1.40. The third kappa shape index (κ3) is 5.08. The highest BCUT2D eigenvalue weighted by atomic mass is 16.5. The van der Waals surface area contributed by atoms with Crippen LogP contribution in [0, 0.1) is 0 Å². The molecule has 1 aliphatic heterocycles. The van der Waals surface area contributed by atoms with Crippen molar-refractivity contribution in [2.45, 2.75) is 88.8 Å². The van der Waals surface area contributed by atoms with E-state index in [1.165, 1.54) is 31.2 Å². The molecule has 4 rings (SSSR count). The lowest BCUT2D eigenvalue weighted by Gasteiger charge is -2.40. The summed E-state index contributed by atoms with van der Waals surface area (Å²) < 4.78 is 6.47. The van der Waals surface area contributed by atoms with E-state index in [1.54, 1.807) is 0 Å². The first kappa shape index (κ1) is 21.0. The number of carbonyl (C=O) groups excluding carboxylic acids is 1. The monoisotopic (exact) mass is 412 g/mol. The number of fused-ring (bicyclic) bond motifs is 1. The van der Waals surface area contributed by atoms with E-state index in [9.17, 15) is 4.79 Å². The Bertz CT molecular complexity index is 751.